The summed E-state index contributed by atoms with van der Waals surface area (Å²) in [6.07, 6.45) is -0.604. The van der Waals surface area contributed by atoms with E-state index in [4.69, 9.17) is 26.2 Å². The normalized spacial score (nSPS) is 11.6. The number of nitrogens with zero attached hydrogens (tertiary/aromatic N) is 4. The van der Waals surface area contributed by atoms with Crippen LogP contribution in [0.4, 0.5) is 19.0 Å². The molecule has 2 aromatic carbocycles. The number of pyridine rings is 1. The maximum absolute atomic E-state index is 12.8. The molecule has 0 bridgehead atoms. The highest BCUT2D eigenvalue weighted by Gasteiger charge is 2.31. The first-order valence-electron chi connectivity index (χ1n) is 10.2. The molecule has 180 valence electrons. The zero-order valence-electron chi connectivity index (χ0n) is 18.5. The topological polar surface area (TPSA) is 73.6 Å². The molecule has 11 heteroatoms. The highest BCUT2D eigenvalue weighted by atomic mass is 35.5. The summed E-state index contributed by atoms with van der Waals surface area (Å²) >= 11 is 5.95. The lowest BCUT2D eigenvalue weighted by Gasteiger charge is -2.09. The minimum absolute atomic E-state index is 0.0148. The number of methoxy groups -OCH3 is 2. The summed E-state index contributed by atoms with van der Waals surface area (Å²) < 4.78 is 51.0. The highest BCUT2D eigenvalue weighted by molar-refractivity contribution is 6.33. The van der Waals surface area contributed by atoms with Crippen LogP contribution in [0.1, 0.15) is 11.1 Å². The third-order valence-electron chi connectivity index (χ3n) is 4.96. The van der Waals surface area contributed by atoms with Gasteiger partial charge in [0.15, 0.2) is 17.3 Å². The molecule has 0 saturated carbocycles. The number of hydrogen-bond acceptors (Lipinski definition) is 6. The van der Waals surface area contributed by atoms with Gasteiger partial charge < -0.3 is 9.47 Å². The van der Waals surface area contributed by atoms with Crippen molar-refractivity contribution in [2.45, 2.75) is 6.18 Å². The van der Waals surface area contributed by atoms with Crippen LogP contribution in [0.2, 0.25) is 5.02 Å². The van der Waals surface area contributed by atoms with Gasteiger partial charge in [-0.3, -0.25) is 5.43 Å². The molecule has 0 spiro atoms. The largest absolute Gasteiger partial charge is 0.493 e. The summed E-state index contributed by atoms with van der Waals surface area (Å²) in [6.45, 7) is 0. The molecular weight excluding hydrogens is 483 g/mol. The molecule has 4 aromatic rings. The number of halogens is 4. The molecule has 0 aliphatic heterocycles. The van der Waals surface area contributed by atoms with Crippen LogP contribution in [-0.2, 0) is 6.18 Å². The van der Waals surface area contributed by atoms with E-state index in [-0.39, 0.29) is 10.8 Å². The van der Waals surface area contributed by atoms with Crippen LogP contribution in [-0.4, -0.2) is 35.2 Å². The van der Waals surface area contributed by atoms with Crippen LogP contribution in [0.5, 0.6) is 11.5 Å². The molecule has 2 heterocycles. The summed E-state index contributed by atoms with van der Waals surface area (Å²) in [5.74, 6) is 1.08. The van der Waals surface area contributed by atoms with E-state index in [9.17, 15) is 13.2 Å². The third-order valence-corrected chi connectivity index (χ3v) is 5.25. The fourth-order valence-corrected chi connectivity index (χ4v) is 3.45. The molecule has 7 nitrogen and oxygen atoms in total. The molecule has 1 N–H and O–H groups in total. The van der Waals surface area contributed by atoms with E-state index in [1.807, 2.05) is 36.4 Å². The van der Waals surface area contributed by atoms with Gasteiger partial charge in [-0.15, -0.1) is 0 Å². The Kier molecular flexibility index (Phi) is 6.92. The molecule has 0 unspecified atom stereocenters. The van der Waals surface area contributed by atoms with E-state index >= 15 is 0 Å². The lowest BCUT2D eigenvalue weighted by molar-refractivity contribution is -0.137. The minimum atomic E-state index is -4.54. The lowest BCUT2D eigenvalue weighted by atomic mass is 10.1. The maximum Gasteiger partial charge on any atom is 0.417 e. The van der Waals surface area contributed by atoms with E-state index in [0.29, 0.717) is 29.0 Å². The highest BCUT2D eigenvalue weighted by Crippen LogP contribution is 2.34. The number of alkyl halides is 3. The van der Waals surface area contributed by atoms with Crippen molar-refractivity contribution in [3.63, 3.8) is 0 Å². The van der Waals surface area contributed by atoms with Crippen molar-refractivity contribution in [2.75, 3.05) is 19.6 Å². The second-order valence-electron chi connectivity index (χ2n) is 7.21. The van der Waals surface area contributed by atoms with E-state index in [0.717, 1.165) is 17.3 Å². The monoisotopic (exact) mass is 501 g/mol. The predicted molar refractivity (Wildman–Crippen MR) is 128 cm³/mol. The molecule has 0 radical (unpaired) electrons. The Morgan fingerprint density at radius 1 is 1.03 bits per heavy atom. The minimum Gasteiger partial charge on any atom is -0.493 e. The van der Waals surface area contributed by atoms with Gasteiger partial charge in [0, 0.05) is 23.5 Å². The summed E-state index contributed by atoms with van der Waals surface area (Å²) in [7, 11) is 3.09. The molecule has 0 amide bonds. The Labute approximate surface area is 203 Å². The van der Waals surface area contributed by atoms with Gasteiger partial charge in [0.05, 0.1) is 36.7 Å². The van der Waals surface area contributed by atoms with E-state index in [2.05, 4.69) is 15.5 Å². The van der Waals surface area contributed by atoms with Crippen molar-refractivity contribution in [1.29, 1.82) is 0 Å². The summed E-state index contributed by atoms with van der Waals surface area (Å²) in [5, 5.41) is 8.61. The van der Waals surface area contributed by atoms with Crippen molar-refractivity contribution in [2.24, 2.45) is 5.10 Å². The molecule has 2 aromatic heterocycles. The quantitative estimate of drug-likeness (QED) is 0.246. The Bertz CT molecular complexity index is 1360. The van der Waals surface area contributed by atoms with Crippen molar-refractivity contribution >= 4 is 23.6 Å². The third kappa shape index (κ3) is 5.38. The van der Waals surface area contributed by atoms with Crippen molar-refractivity contribution in [1.82, 2.24) is 14.8 Å². The Balaban J connectivity index is 1.69. The first-order valence-corrected chi connectivity index (χ1v) is 10.6. The SMILES string of the molecule is COc1ccc(-c2nn(-c3ccccc3)cc2/C=N\Nc2ncc(C(F)(F)F)cc2Cl)cc1OC. The molecule has 35 heavy (non-hydrogen) atoms. The van der Waals surface area contributed by atoms with Gasteiger partial charge in [-0.25, -0.2) is 9.67 Å². The number of benzene rings is 2. The number of anilines is 1. The summed E-state index contributed by atoms with van der Waals surface area (Å²) in [4.78, 5) is 3.72. The number of nitrogens with one attached hydrogen (secondary N) is 1. The van der Waals surface area contributed by atoms with Gasteiger partial charge >= 0.3 is 6.18 Å². The van der Waals surface area contributed by atoms with E-state index < -0.39 is 11.7 Å². The van der Waals surface area contributed by atoms with E-state index in [1.54, 1.807) is 30.1 Å². The first kappa shape index (κ1) is 24.1. The Morgan fingerprint density at radius 2 is 1.77 bits per heavy atom. The van der Waals surface area contributed by atoms with Crippen molar-refractivity contribution in [3.8, 4) is 28.4 Å². The molecule has 0 fully saturated rings. The van der Waals surface area contributed by atoms with Crippen LogP contribution < -0.4 is 14.9 Å². The van der Waals surface area contributed by atoms with Gasteiger partial charge in [-0.2, -0.15) is 23.4 Å². The lowest BCUT2D eigenvalue weighted by Crippen LogP contribution is -2.06. The summed E-state index contributed by atoms with van der Waals surface area (Å²) in [6, 6.07) is 15.6. The smallest absolute Gasteiger partial charge is 0.417 e. The molecule has 4 rings (SSSR count). The van der Waals surface area contributed by atoms with Crippen LogP contribution >= 0.6 is 11.6 Å². The summed E-state index contributed by atoms with van der Waals surface area (Å²) in [5.41, 5.74) is 4.42. The van der Waals surface area contributed by atoms with Crippen LogP contribution in [0.15, 0.2) is 72.1 Å². The number of ether oxygens (including phenoxy) is 2. The zero-order chi connectivity index (χ0) is 25.0. The Morgan fingerprint density at radius 3 is 2.43 bits per heavy atom. The number of hydrazone groups is 1. The average molecular weight is 502 g/mol. The fourth-order valence-electron chi connectivity index (χ4n) is 3.24. The number of aromatic nitrogens is 3. The molecule has 0 atom stereocenters. The molecule has 0 saturated heterocycles. The second kappa shape index (κ2) is 10.1. The van der Waals surface area contributed by atoms with Gasteiger partial charge in [0.25, 0.3) is 0 Å². The molecule has 0 aliphatic rings. The number of rotatable bonds is 7. The molecule has 0 aliphatic carbocycles. The second-order valence-corrected chi connectivity index (χ2v) is 7.61. The average Bonchev–Trinajstić information content (AvgIpc) is 3.28. The molecular formula is C24H19ClF3N5O2. The van der Waals surface area contributed by atoms with Crippen molar-refractivity contribution in [3.05, 3.63) is 83.1 Å². The Hall–Kier alpha value is -4.05. The standard InChI is InChI=1S/C24H19ClF3N5O2/c1-34-20-9-8-15(10-21(20)35-2)22-16(14-33(32-22)18-6-4-3-5-7-18)12-30-31-23-19(25)11-17(13-29-23)24(26,27)28/h3-14H,1-2H3,(H,29,31)/b30-12-. The van der Waals surface area contributed by atoms with E-state index in [1.165, 1.54) is 13.3 Å². The van der Waals surface area contributed by atoms with Crippen LogP contribution in [0.3, 0.4) is 0 Å². The number of para-hydroxylation sites is 1. The van der Waals surface area contributed by atoms with Crippen molar-refractivity contribution < 1.29 is 22.6 Å². The van der Waals surface area contributed by atoms with Crippen LogP contribution in [0.25, 0.3) is 16.9 Å². The fraction of sp³-hybridized carbons (Fsp3) is 0.125. The number of hydrogen-bond donors (Lipinski definition) is 1. The van der Waals surface area contributed by atoms with Gasteiger partial charge in [0.2, 0.25) is 0 Å². The predicted octanol–water partition coefficient (Wildman–Crippen LogP) is 6.07. The van der Waals surface area contributed by atoms with Gasteiger partial charge in [-0.05, 0) is 36.4 Å². The zero-order valence-corrected chi connectivity index (χ0v) is 19.3. The van der Waals surface area contributed by atoms with Gasteiger partial charge in [0.1, 0.15) is 5.69 Å². The van der Waals surface area contributed by atoms with Gasteiger partial charge in [-0.1, -0.05) is 29.8 Å². The van der Waals surface area contributed by atoms with Crippen LogP contribution in [0, 0.1) is 0 Å². The maximum atomic E-state index is 12.8. The first-order chi connectivity index (χ1) is 16.8.